The lowest BCUT2D eigenvalue weighted by Gasteiger charge is -2.57. The highest BCUT2D eigenvalue weighted by Gasteiger charge is 2.51. The minimum atomic E-state index is -0.455. The summed E-state index contributed by atoms with van der Waals surface area (Å²) in [5.74, 6) is 2.86. The topological polar surface area (TPSA) is 91.6 Å². The lowest BCUT2D eigenvalue weighted by molar-refractivity contribution is -0.131. The first kappa shape index (κ1) is 19.8. The van der Waals surface area contributed by atoms with Crippen LogP contribution in [-0.2, 0) is 4.79 Å². The molecule has 7 heteroatoms. The second-order valence-electron chi connectivity index (χ2n) is 10.1. The average Bonchev–Trinajstić information content (AvgIpc) is 2.72. The molecule has 1 saturated heterocycles. The van der Waals surface area contributed by atoms with Gasteiger partial charge in [0, 0.05) is 37.9 Å². The van der Waals surface area contributed by atoms with Crippen LogP contribution in [-0.4, -0.2) is 59.5 Å². The van der Waals surface area contributed by atoms with Crippen molar-refractivity contribution in [2.24, 2.45) is 23.5 Å². The van der Waals surface area contributed by atoms with Crippen molar-refractivity contribution in [3.05, 3.63) is 23.9 Å². The molecule has 1 unspecified atom stereocenters. The standard InChI is InChI=1S/C23H33N5O2/c1-15(22(30)26-23-12-16-9-17(13-23)11-18(10-16)14-23)27-5-7-28(8-6-27)21-19(20(24)29)3-2-4-25-21/h2-4,15-18H,5-14H2,1H3,(H2,24,29)(H,26,30). The van der Waals surface area contributed by atoms with Gasteiger partial charge in [-0.1, -0.05) is 0 Å². The molecule has 2 amide bonds. The number of aromatic nitrogens is 1. The van der Waals surface area contributed by atoms with Crippen LogP contribution in [0.1, 0.15) is 55.8 Å². The van der Waals surface area contributed by atoms with E-state index in [-0.39, 0.29) is 17.5 Å². The van der Waals surface area contributed by atoms with E-state index >= 15 is 0 Å². The Hall–Kier alpha value is -2.15. The second-order valence-corrected chi connectivity index (χ2v) is 10.1. The highest BCUT2D eigenvalue weighted by molar-refractivity contribution is 5.97. The lowest BCUT2D eigenvalue weighted by atomic mass is 9.53. The third-order valence-electron chi connectivity index (χ3n) is 8.02. The summed E-state index contributed by atoms with van der Waals surface area (Å²) in [6.45, 7) is 5.02. The van der Waals surface area contributed by atoms with Gasteiger partial charge in [0.15, 0.2) is 0 Å². The number of hydrogen-bond acceptors (Lipinski definition) is 5. The minimum Gasteiger partial charge on any atom is -0.365 e. The normalized spacial score (nSPS) is 34.0. The number of nitrogens with two attached hydrogens (primary N) is 1. The predicted octanol–water partition coefficient (Wildman–Crippen LogP) is 1.78. The highest BCUT2D eigenvalue weighted by Crippen LogP contribution is 2.55. The largest absolute Gasteiger partial charge is 0.365 e. The van der Waals surface area contributed by atoms with Crippen molar-refractivity contribution in [2.45, 2.75) is 57.0 Å². The van der Waals surface area contributed by atoms with Gasteiger partial charge in [0.25, 0.3) is 5.91 Å². The van der Waals surface area contributed by atoms with Crippen LogP contribution in [0.2, 0.25) is 0 Å². The number of primary amides is 1. The Balaban J connectivity index is 1.20. The summed E-state index contributed by atoms with van der Waals surface area (Å²) < 4.78 is 0. The Bertz CT molecular complexity index is 797. The number of carbonyl (C=O) groups is 2. The third kappa shape index (κ3) is 3.57. The fraction of sp³-hybridized carbons (Fsp3) is 0.696. The maximum absolute atomic E-state index is 13.2. The number of anilines is 1. The fourth-order valence-electron chi connectivity index (χ4n) is 6.96. The van der Waals surface area contributed by atoms with Gasteiger partial charge in [-0.3, -0.25) is 14.5 Å². The molecule has 1 aliphatic heterocycles. The number of rotatable bonds is 5. The Labute approximate surface area is 178 Å². The summed E-state index contributed by atoms with van der Waals surface area (Å²) in [5, 5.41) is 3.52. The van der Waals surface area contributed by atoms with Gasteiger partial charge in [0.05, 0.1) is 11.6 Å². The van der Waals surface area contributed by atoms with Crippen molar-refractivity contribution >= 4 is 17.6 Å². The molecule has 1 atom stereocenters. The summed E-state index contributed by atoms with van der Waals surface area (Å²) >= 11 is 0. The van der Waals surface area contributed by atoms with Crippen molar-refractivity contribution in [1.82, 2.24) is 15.2 Å². The van der Waals surface area contributed by atoms with Crippen molar-refractivity contribution < 1.29 is 9.59 Å². The Morgan fingerprint density at radius 3 is 2.27 bits per heavy atom. The Kier molecular flexibility index (Phi) is 4.96. The molecule has 7 nitrogen and oxygen atoms in total. The summed E-state index contributed by atoms with van der Waals surface area (Å²) in [6, 6.07) is 3.31. The van der Waals surface area contributed by atoms with Crippen LogP contribution in [0.3, 0.4) is 0 Å². The van der Waals surface area contributed by atoms with Crippen LogP contribution in [0.5, 0.6) is 0 Å². The molecule has 4 bridgehead atoms. The molecule has 5 fully saturated rings. The molecular formula is C23H33N5O2. The van der Waals surface area contributed by atoms with E-state index in [9.17, 15) is 9.59 Å². The third-order valence-corrected chi connectivity index (χ3v) is 8.02. The predicted molar refractivity (Wildman–Crippen MR) is 115 cm³/mol. The fourth-order valence-corrected chi connectivity index (χ4v) is 6.96. The van der Waals surface area contributed by atoms with E-state index in [0.717, 1.165) is 43.9 Å². The quantitative estimate of drug-likeness (QED) is 0.771. The van der Waals surface area contributed by atoms with Crippen LogP contribution in [0.25, 0.3) is 0 Å². The molecule has 30 heavy (non-hydrogen) atoms. The van der Waals surface area contributed by atoms with Gasteiger partial charge in [-0.25, -0.2) is 4.98 Å². The van der Waals surface area contributed by atoms with Gasteiger partial charge < -0.3 is 16.0 Å². The van der Waals surface area contributed by atoms with E-state index in [0.29, 0.717) is 11.4 Å². The van der Waals surface area contributed by atoms with Crippen LogP contribution in [0.15, 0.2) is 18.3 Å². The number of amides is 2. The molecule has 162 valence electrons. The SMILES string of the molecule is CC(C(=O)NC12CC3CC(CC(C3)C1)C2)N1CCN(c2ncccc2C(N)=O)CC1. The first-order chi connectivity index (χ1) is 14.4. The smallest absolute Gasteiger partial charge is 0.252 e. The molecule has 2 heterocycles. The van der Waals surface area contributed by atoms with Gasteiger partial charge in [0.1, 0.15) is 5.82 Å². The molecule has 0 aromatic carbocycles. The number of carbonyl (C=O) groups excluding carboxylic acids is 2. The van der Waals surface area contributed by atoms with Crippen molar-refractivity contribution in [3.63, 3.8) is 0 Å². The van der Waals surface area contributed by atoms with Crippen molar-refractivity contribution in [1.29, 1.82) is 0 Å². The maximum atomic E-state index is 13.2. The summed E-state index contributed by atoms with van der Waals surface area (Å²) in [4.78, 5) is 33.6. The number of hydrogen-bond donors (Lipinski definition) is 2. The van der Waals surface area contributed by atoms with E-state index < -0.39 is 5.91 Å². The highest BCUT2D eigenvalue weighted by atomic mass is 16.2. The van der Waals surface area contributed by atoms with Crippen LogP contribution >= 0.6 is 0 Å². The van der Waals surface area contributed by atoms with Crippen molar-refractivity contribution in [2.75, 3.05) is 31.1 Å². The molecule has 3 N–H and O–H groups in total. The zero-order valence-corrected chi connectivity index (χ0v) is 17.8. The first-order valence-corrected chi connectivity index (χ1v) is 11.5. The van der Waals surface area contributed by atoms with Crippen molar-refractivity contribution in [3.8, 4) is 0 Å². The summed E-state index contributed by atoms with van der Waals surface area (Å²) in [6.07, 6.45) is 9.38. The molecule has 4 saturated carbocycles. The molecule has 5 aliphatic rings. The molecular weight excluding hydrogens is 378 g/mol. The molecule has 0 spiro atoms. The number of nitrogens with one attached hydrogen (secondary N) is 1. The van der Waals surface area contributed by atoms with E-state index in [4.69, 9.17) is 5.73 Å². The molecule has 1 aromatic heterocycles. The molecule has 4 aliphatic carbocycles. The van der Waals surface area contributed by atoms with Gasteiger partial charge in [-0.15, -0.1) is 0 Å². The van der Waals surface area contributed by atoms with Crippen LogP contribution in [0, 0.1) is 17.8 Å². The monoisotopic (exact) mass is 411 g/mol. The zero-order chi connectivity index (χ0) is 20.9. The molecule has 0 radical (unpaired) electrons. The van der Waals surface area contributed by atoms with E-state index in [2.05, 4.69) is 20.1 Å². The average molecular weight is 412 g/mol. The van der Waals surface area contributed by atoms with Gasteiger partial charge in [0.2, 0.25) is 5.91 Å². The van der Waals surface area contributed by atoms with Gasteiger partial charge in [-0.05, 0) is 75.3 Å². The molecule has 6 rings (SSSR count). The van der Waals surface area contributed by atoms with E-state index in [1.54, 1.807) is 18.3 Å². The number of piperazine rings is 1. The number of nitrogens with zero attached hydrogens (tertiary/aromatic N) is 3. The Morgan fingerprint density at radius 1 is 1.10 bits per heavy atom. The van der Waals surface area contributed by atoms with Crippen LogP contribution < -0.4 is 16.0 Å². The van der Waals surface area contributed by atoms with E-state index in [1.807, 2.05) is 6.92 Å². The summed E-state index contributed by atoms with van der Waals surface area (Å²) in [7, 11) is 0. The maximum Gasteiger partial charge on any atom is 0.252 e. The second kappa shape index (κ2) is 7.52. The van der Waals surface area contributed by atoms with Gasteiger partial charge in [-0.2, -0.15) is 0 Å². The van der Waals surface area contributed by atoms with Crippen LogP contribution in [0.4, 0.5) is 5.82 Å². The number of pyridine rings is 1. The van der Waals surface area contributed by atoms with Gasteiger partial charge >= 0.3 is 0 Å². The summed E-state index contributed by atoms with van der Waals surface area (Å²) in [5.41, 5.74) is 6.03. The first-order valence-electron chi connectivity index (χ1n) is 11.5. The Morgan fingerprint density at radius 2 is 1.70 bits per heavy atom. The minimum absolute atomic E-state index is 0.0618. The zero-order valence-electron chi connectivity index (χ0n) is 17.8. The molecule has 1 aromatic rings. The van der Waals surface area contributed by atoms with E-state index in [1.165, 1.54) is 38.5 Å². The lowest BCUT2D eigenvalue weighted by Crippen LogP contribution is -2.63.